The first kappa shape index (κ1) is 14.1. The fraction of sp³-hybridized carbons (Fsp3) is 0.538. The number of aliphatic hydroxyl groups excluding tert-OH is 1. The normalized spacial score (nSPS) is 21.2. The number of hydrogen-bond acceptors (Lipinski definition) is 3. The maximum absolute atomic E-state index is 10.1. The third-order valence-electron chi connectivity index (χ3n) is 3.05. The van der Waals surface area contributed by atoms with Crippen LogP contribution in [0.3, 0.4) is 0 Å². The first-order valence-corrected chi connectivity index (χ1v) is 6.88. The van der Waals surface area contributed by atoms with Crippen molar-refractivity contribution < 1.29 is 9.84 Å². The van der Waals surface area contributed by atoms with Crippen LogP contribution < -0.4 is 5.32 Å². The van der Waals surface area contributed by atoms with Gasteiger partial charge < -0.3 is 15.2 Å². The maximum Gasteiger partial charge on any atom is 0.0929 e. The molecule has 1 fully saturated rings. The summed E-state index contributed by atoms with van der Waals surface area (Å²) in [5.74, 6) is 0. The van der Waals surface area contributed by atoms with Gasteiger partial charge in [0.1, 0.15) is 0 Å². The topological polar surface area (TPSA) is 41.5 Å². The fourth-order valence-corrected chi connectivity index (χ4v) is 2.49. The van der Waals surface area contributed by atoms with Crippen LogP contribution in [-0.2, 0) is 4.74 Å². The van der Waals surface area contributed by atoms with Crippen LogP contribution >= 0.6 is 23.2 Å². The van der Waals surface area contributed by atoms with Gasteiger partial charge in [-0.15, -0.1) is 0 Å². The Balaban J connectivity index is 1.83. The third-order valence-corrected chi connectivity index (χ3v) is 3.63. The monoisotopic (exact) mass is 289 g/mol. The van der Waals surface area contributed by atoms with Crippen LogP contribution in [0.5, 0.6) is 0 Å². The summed E-state index contributed by atoms with van der Waals surface area (Å²) < 4.78 is 5.49. The van der Waals surface area contributed by atoms with Crippen molar-refractivity contribution in [2.45, 2.75) is 25.0 Å². The highest BCUT2D eigenvalue weighted by atomic mass is 35.5. The van der Waals surface area contributed by atoms with Gasteiger partial charge in [0, 0.05) is 35.3 Å². The zero-order valence-corrected chi connectivity index (χ0v) is 11.5. The SMILES string of the molecule is OC(CNCC1CCCO1)c1cc(Cl)ccc1Cl. The van der Waals surface area contributed by atoms with Gasteiger partial charge in [-0.25, -0.2) is 0 Å². The van der Waals surface area contributed by atoms with Crippen molar-refractivity contribution in [3.05, 3.63) is 33.8 Å². The van der Waals surface area contributed by atoms with Crippen LogP contribution in [0.1, 0.15) is 24.5 Å². The van der Waals surface area contributed by atoms with Gasteiger partial charge in [0.25, 0.3) is 0 Å². The largest absolute Gasteiger partial charge is 0.387 e. The van der Waals surface area contributed by atoms with E-state index in [2.05, 4.69) is 5.32 Å². The minimum Gasteiger partial charge on any atom is -0.387 e. The van der Waals surface area contributed by atoms with Gasteiger partial charge >= 0.3 is 0 Å². The Kier molecular flexibility index (Phi) is 5.27. The molecule has 2 atom stereocenters. The number of rotatable bonds is 5. The van der Waals surface area contributed by atoms with Crippen LogP contribution in [0.25, 0.3) is 0 Å². The second-order valence-electron chi connectivity index (χ2n) is 4.47. The Labute approximate surface area is 117 Å². The molecule has 0 bridgehead atoms. The summed E-state index contributed by atoms with van der Waals surface area (Å²) in [6.07, 6.45) is 1.82. The summed E-state index contributed by atoms with van der Waals surface area (Å²) in [6, 6.07) is 5.10. The maximum atomic E-state index is 10.1. The molecular formula is C13H17Cl2NO2. The number of benzene rings is 1. The molecule has 2 N–H and O–H groups in total. The number of halogens is 2. The molecule has 2 unspecified atom stereocenters. The van der Waals surface area contributed by atoms with Gasteiger partial charge in [0.15, 0.2) is 0 Å². The van der Waals surface area contributed by atoms with E-state index in [1.165, 1.54) is 0 Å². The molecular weight excluding hydrogens is 273 g/mol. The van der Waals surface area contributed by atoms with E-state index in [9.17, 15) is 5.11 Å². The van der Waals surface area contributed by atoms with Crippen molar-refractivity contribution in [2.75, 3.05) is 19.7 Å². The van der Waals surface area contributed by atoms with Crippen LogP contribution in [-0.4, -0.2) is 30.9 Å². The van der Waals surface area contributed by atoms with Gasteiger partial charge in [-0.2, -0.15) is 0 Å². The van der Waals surface area contributed by atoms with Gasteiger partial charge in [0.2, 0.25) is 0 Å². The molecule has 0 saturated carbocycles. The van der Waals surface area contributed by atoms with E-state index in [0.717, 1.165) is 26.0 Å². The lowest BCUT2D eigenvalue weighted by atomic mass is 10.1. The van der Waals surface area contributed by atoms with Gasteiger partial charge in [-0.05, 0) is 31.0 Å². The van der Waals surface area contributed by atoms with E-state index in [0.29, 0.717) is 22.2 Å². The quantitative estimate of drug-likeness (QED) is 0.876. The zero-order valence-electron chi connectivity index (χ0n) is 10.0. The molecule has 100 valence electrons. The molecule has 1 aromatic carbocycles. The molecule has 1 aliphatic heterocycles. The molecule has 1 aromatic rings. The minimum atomic E-state index is -0.655. The highest BCUT2D eigenvalue weighted by Gasteiger charge is 2.16. The summed E-state index contributed by atoms with van der Waals surface area (Å²) in [4.78, 5) is 0. The molecule has 1 heterocycles. The van der Waals surface area contributed by atoms with Crippen molar-refractivity contribution in [3.63, 3.8) is 0 Å². The number of nitrogens with one attached hydrogen (secondary N) is 1. The first-order valence-electron chi connectivity index (χ1n) is 6.12. The molecule has 0 radical (unpaired) electrons. The van der Waals surface area contributed by atoms with Crippen molar-refractivity contribution >= 4 is 23.2 Å². The lowest BCUT2D eigenvalue weighted by Gasteiger charge is -2.16. The lowest BCUT2D eigenvalue weighted by Crippen LogP contribution is -2.30. The molecule has 18 heavy (non-hydrogen) atoms. The van der Waals surface area contributed by atoms with E-state index < -0.39 is 6.10 Å². The van der Waals surface area contributed by atoms with E-state index in [1.54, 1.807) is 18.2 Å². The summed E-state index contributed by atoms with van der Waals surface area (Å²) in [5.41, 5.74) is 0.656. The summed E-state index contributed by atoms with van der Waals surface area (Å²) in [6.45, 7) is 2.05. The summed E-state index contributed by atoms with van der Waals surface area (Å²) in [5, 5.41) is 14.4. The molecule has 0 aliphatic carbocycles. The Morgan fingerprint density at radius 2 is 2.28 bits per heavy atom. The number of hydrogen-bond donors (Lipinski definition) is 2. The van der Waals surface area contributed by atoms with Gasteiger partial charge in [-0.1, -0.05) is 23.2 Å². The van der Waals surface area contributed by atoms with E-state index >= 15 is 0 Å². The third kappa shape index (κ3) is 3.84. The van der Waals surface area contributed by atoms with Crippen LogP contribution in [0.2, 0.25) is 10.0 Å². The molecule has 0 aromatic heterocycles. The zero-order chi connectivity index (χ0) is 13.0. The average Bonchev–Trinajstić information content (AvgIpc) is 2.85. The summed E-state index contributed by atoms with van der Waals surface area (Å²) >= 11 is 11.9. The predicted octanol–water partition coefficient (Wildman–Crippen LogP) is 2.80. The van der Waals surface area contributed by atoms with Gasteiger partial charge in [-0.3, -0.25) is 0 Å². The highest BCUT2D eigenvalue weighted by molar-refractivity contribution is 6.33. The van der Waals surface area contributed by atoms with Crippen molar-refractivity contribution in [2.24, 2.45) is 0 Å². The standard InChI is InChI=1S/C13H17Cl2NO2/c14-9-3-4-12(15)11(6-9)13(17)8-16-7-10-2-1-5-18-10/h3-4,6,10,13,16-17H,1-2,5,7-8H2. The molecule has 1 aliphatic rings. The first-order chi connectivity index (χ1) is 8.66. The molecule has 5 heteroatoms. The molecule has 1 saturated heterocycles. The van der Waals surface area contributed by atoms with E-state index in [1.807, 2.05) is 0 Å². The van der Waals surface area contributed by atoms with Crippen molar-refractivity contribution in [1.82, 2.24) is 5.32 Å². The van der Waals surface area contributed by atoms with Crippen molar-refractivity contribution in [1.29, 1.82) is 0 Å². The Morgan fingerprint density at radius 1 is 1.44 bits per heavy atom. The molecule has 0 amide bonds. The molecule has 3 nitrogen and oxygen atoms in total. The average molecular weight is 290 g/mol. The number of ether oxygens (including phenoxy) is 1. The van der Waals surface area contributed by atoms with Crippen LogP contribution in [0.15, 0.2) is 18.2 Å². The van der Waals surface area contributed by atoms with Crippen LogP contribution in [0.4, 0.5) is 0 Å². The minimum absolute atomic E-state index is 0.270. The lowest BCUT2D eigenvalue weighted by molar-refractivity contribution is 0.103. The second-order valence-corrected chi connectivity index (χ2v) is 5.32. The number of aliphatic hydroxyl groups is 1. The Morgan fingerprint density at radius 3 is 3.00 bits per heavy atom. The highest BCUT2D eigenvalue weighted by Crippen LogP contribution is 2.26. The van der Waals surface area contributed by atoms with E-state index in [-0.39, 0.29) is 6.10 Å². The second kappa shape index (κ2) is 6.73. The smallest absolute Gasteiger partial charge is 0.0929 e. The fourth-order valence-electron chi connectivity index (χ4n) is 2.07. The predicted molar refractivity (Wildman–Crippen MR) is 73.3 cm³/mol. The molecule has 2 rings (SSSR count). The van der Waals surface area contributed by atoms with Crippen molar-refractivity contribution in [3.8, 4) is 0 Å². The van der Waals surface area contributed by atoms with Crippen LogP contribution in [0, 0.1) is 0 Å². The Hall–Kier alpha value is -0.320. The van der Waals surface area contributed by atoms with Gasteiger partial charge in [0.05, 0.1) is 12.2 Å². The molecule has 0 spiro atoms. The summed E-state index contributed by atoms with van der Waals surface area (Å²) in [7, 11) is 0. The van der Waals surface area contributed by atoms with E-state index in [4.69, 9.17) is 27.9 Å². The Bertz CT molecular complexity index is 395.